The summed E-state index contributed by atoms with van der Waals surface area (Å²) in [7, 11) is 6.55. The van der Waals surface area contributed by atoms with Crippen LogP contribution in [0.15, 0.2) is 24.5 Å². The number of aliphatic hydroxyl groups is 1. The molecule has 0 radical (unpaired) electrons. The quantitative estimate of drug-likeness (QED) is 0.878. The second-order valence-electron chi connectivity index (χ2n) is 4.62. The van der Waals surface area contributed by atoms with Crippen LogP contribution in [0.1, 0.15) is 17.5 Å². The molecule has 6 heteroatoms. The SMILES string of the molecule is COc1cc(OC)c(C(O)Cc2nccn2C)c(OC)c1. The average molecular weight is 292 g/mol. The van der Waals surface area contributed by atoms with Gasteiger partial charge in [-0.05, 0) is 0 Å². The number of hydrogen-bond acceptors (Lipinski definition) is 5. The Kier molecular flexibility index (Phi) is 4.70. The van der Waals surface area contributed by atoms with E-state index in [1.165, 1.54) is 0 Å². The molecule has 0 amide bonds. The van der Waals surface area contributed by atoms with E-state index >= 15 is 0 Å². The Labute approximate surface area is 123 Å². The summed E-state index contributed by atoms with van der Waals surface area (Å²) in [4.78, 5) is 4.22. The zero-order valence-corrected chi connectivity index (χ0v) is 12.7. The van der Waals surface area contributed by atoms with E-state index in [0.717, 1.165) is 5.82 Å². The zero-order chi connectivity index (χ0) is 15.4. The van der Waals surface area contributed by atoms with Crippen molar-refractivity contribution in [1.82, 2.24) is 9.55 Å². The lowest BCUT2D eigenvalue weighted by molar-refractivity contribution is 0.165. The number of benzene rings is 1. The predicted octanol–water partition coefficient (Wildman–Crippen LogP) is 1.72. The monoisotopic (exact) mass is 292 g/mol. The lowest BCUT2D eigenvalue weighted by Gasteiger charge is -2.19. The van der Waals surface area contributed by atoms with Crippen molar-refractivity contribution in [1.29, 1.82) is 0 Å². The number of aliphatic hydroxyl groups excluding tert-OH is 1. The molecule has 1 atom stereocenters. The molecule has 0 aliphatic rings. The van der Waals surface area contributed by atoms with Crippen LogP contribution >= 0.6 is 0 Å². The number of rotatable bonds is 6. The molecule has 0 aliphatic carbocycles. The van der Waals surface area contributed by atoms with Gasteiger partial charge in [0.15, 0.2) is 0 Å². The van der Waals surface area contributed by atoms with Gasteiger partial charge in [-0.3, -0.25) is 0 Å². The highest BCUT2D eigenvalue weighted by Crippen LogP contribution is 2.39. The number of aryl methyl sites for hydroxylation is 1. The third kappa shape index (κ3) is 3.11. The van der Waals surface area contributed by atoms with Crippen LogP contribution in [0.25, 0.3) is 0 Å². The summed E-state index contributed by atoms with van der Waals surface area (Å²) in [6, 6.07) is 3.44. The summed E-state index contributed by atoms with van der Waals surface area (Å²) in [5, 5.41) is 10.6. The lowest BCUT2D eigenvalue weighted by Crippen LogP contribution is -2.10. The zero-order valence-electron chi connectivity index (χ0n) is 12.7. The fourth-order valence-electron chi connectivity index (χ4n) is 2.23. The molecular weight excluding hydrogens is 272 g/mol. The maximum atomic E-state index is 10.6. The van der Waals surface area contributed by atoms with E-state index in [0.29, 0.717) is 29.2 Å². The molecule has 0 spiro atoms. The molecule has 1 N–H and O–H groups in total. The van der Waals surface area contributed by atoms with Crippen molar-refractivity contribution >= 4 is 0 Å². The highest BCUT2D eigenvalue weighted by atomic mass is 16.5. The summed E-state index contributed by atoms with van der Waals surface area (Å²) in [6.07, 6.45) is 3.11. The van der Waals surface area contributed by atoms with Gasteiger partial charge in [-0.25, -0.2) is 4.98 Å². The number of methoxy groups -OCH3 is 3. The van der Waals surface area contributed by atoms with E-state index in [9.17, 15) is 5.11 Å². The minimum absolute atomic E-state index is 0.364. The van der Waals surface area contributed by atoms with Gasteiger partial charge in [-0.2, -0.15) is 0 Å². The van der Waals surface area contributed by atoms with Gasteiger partial charge in [0.25, 0.3) is 0 Å². The van der Waals surface area contributed by atoms with E-state index in [-0.39, 0.29) is 0 Å². The second kappa shape index (κ2) is 6.49. The fraction of sp³-hybridized carbons (Fsp3) is 0.400. The predicted molar refractivity (Wildman–Crippen MR) is 78.0 cm³/mol. The molecule has 0 saturated heterocycles. The summed E-state index contributed by atoms with van der Waals surface area (Å²) in [5.41, 5.74) is 0.587. The molecule has 2 rings (SSSR count). The van der Waals surface area contributed by atoms with Crippen molar-refractivity contribution < 1.29 is 19.3 Å². The van der Waals surface area contributed by atoms with Crippen LogP contribution in [0.3, 0.4) is 0 Å². The normalized spacial score (nSPS) is 12.0. The first-order chi connectivity index (χ1) is 10.1. The Morgan fingerprint density at radius 2 is 1.76 bits per heavy atom. The summed E-state index contributed by atoms with van der Waals surface area (Å²) < 4.78 is 17.8. The van der Waals surface area contributed by atoms with Gasteiger partial charge in [0.2, 0.25) is 0 Å². The number of hydrogen-bond donors (Lipinski definition) is 1. The standard InChI is InChI=1S/C15H20N2O4/c1-17-6-5-16-14(17)9-11(18)15-12(20-3)7-10(19-2)8-13(15)21-4/h5-8,11,18H,9H2,1-4H3. The number of imidazole rings is 1. The van der Waals surface area contributed by atoms with Gasteiger partial charge in [-0.1, -0.05) is 0 Å². The van der Waals surface area contributed by atoms with Crippen molar-refractivity contribution in [2.45, 2.75) is 12.5 Å². The van der Waals surface area contributed by atoms with Gasteiger partial charge in [0, 0.05) is 38.0 Å². The Bertz CT molecular complexity index is 584. The van der Waals surface area contributed by atoms with Crippen LogP contribution in [0, 0.1) is 0 Å². The van der Waals surface area contributed by atoms with Crippen LogP contribution in [-0.2, 0) is 13.5 Å². The lowest BCUT2D eigenvalue weighted by atomic mass is 10.0. The van der Waals surface area contributed by atoms with E-state index in [2.05, 4.69) is 4.98 Å². The first-order valence-corrected chi connectivity index (χ1v) is 6.54. The molecule has 114 valence electrons. The molecule has 0 aliphatic heterocycles. The molecule has 0 bridgehead atoms. The van der Waals surface area contributed by atoms with Gasteiger partial charge in [0.1, 0.15) is 23.1 Å². The Morgan fingerprint density at radius 3 is 2.19 bits per heavy atom. The molecule has 0 fully saturated rings. The maximum absolute atomic E-state index is 10.6. The van der Waals surface area contributed by atoms with E-state index in [1.807, 2.05) is 17.8 Å². The van der Waals surface area contributed by atoms with Crippen molar-refractivity contribution in [3.8, 4) is 17.2 Å². The Morgan fingerprint density at radius 1 is 1.14 bits per heavy atom. The summed E-state index contributed by atoms with van der Waals surface area (Å²) >= 11 is 0. The van der Waals surface area contributed by atoms with Gasteiger partial charge in [0.05, 0.1) is 33.0 Å². The van der Waals surface area contributed by atoms with Crippen LogP contribution in [0.4, 0.5) is 0 Å². The van der Waals surface area contributed by atoms with Gasteiger partial charge < -0.3 is 23.9 Å². The maximum Gasteiger partial charge on any atom is 0.132 e. The van der Waals surface area contributed by atoms with Crippen LogP contribution < -0.4 is 14.2 Å². The number of ether oxygens (including phenoxy) is 3. The van der Waals surface area contributed by atoms with Crippen molar-refractivity contribution in [3.05, 3.63) is 35.9 Å². The van der Waals surface area contributed by atoms with E-state index < -0.39 is 6.10 Å². The van der Waals surface area contributed by atoms with Crippen LogP contribution in [0.2, 0.25) is 0 Å². The largest absolute Gasteiger partial charge is 0.496 e. The van der Waals surface area contributed by atoms with Crippen molar-refractivity contribution in [2.75, 3.05) is 21.3 Å². The minimum Gasteiger partial charge on any atom is -0.496 e. The molecule has 1 unspecified atom stereocenters. The topological polar surface area (TPSA) is 65.7 Å². The van der Waals surface area contributed by atoms with E-state index in [1.54, 1.807) is 39.7 Å². The molecule has 2 aromatic rings. The fourth-order valence-corrected chi connectivity index (χ4v) is 2.23. The molecule has 1 aromatic carbocycles. The van der Waals surface area contributed by atoms with Gasteiger partial charge >= 0.3 is 0 Å². The smallest absolute Gasteiger partial charge is 0.132 e. The van der Waals surface area contributed by atoms with Crippen molar-refractivity contribution in [3.63, 3.8) is 0 Å². The van der Waals surface area contributed by atoms with Gasteiger partial charge in [-0.15, -0.1) is 0 Å². The third-order valence-electron chi connectivity index (χ3n) is 3.38. The summed E-state index contributed by atoms with van der Waals surface area (Å²) in [5.74, 6) is 2.43. The molecular formula is C15H20N2O4. The first-order valence-electron chi connectivity index (χ1n) is 6.54. The Balaban J connectivity index is 2.39. The molecule has 1 aromatic heterocycles. The molecule has 6 nitrogen and oxygen atoms in total. The molecule has 1 heterocycles. The van der Waals surface area contributed by atoms with Crippen LogP contribution in [0.5, 0.6) is 17.2 Å². The highest BCUT2D eigenvalue weighted by Gasteiger charge is 2.22. The number of aromatic nitrogens is 2. The third-order valence-corrected chi connectivity index (χ3v) is 3.38. The molecule has 21 heavy (non-hydrogen) atoms. The second-order valence-corrected chi connectivity index (χ2v) is 4.62. The first kappa shape index (κ1) is 15.2. The summed E-state index contributed by atoms with van der Waals surface area (Å²) in [6.45, 7) is 0. The Hall–Kier alpha value is -2.21. The highest BCUT2D eigenvalue weighted by molar-refractivity contribution is 5.52. The number of nitrogens with zero attached hydrogens (tertiary/aromatic N) is 2. The van der Waals surface area contributed by atoms with Crippen LogP contribution in [-0.4, -0.2) is 36.0 Å². The van der Waals surface area contributed by atoms with E-state index in [4.69, 9.17) is 14.2 Å². The minimum atomic E-state index is -0.790. The van der Waals surface area contributed by atoms with Crippen molar-refractivity contribution in [2.24, 2.45) is 7.05 Å². The molecule has 0 saturated carbocycles. The average Bonchev–Trinajstić information content (AvgIpc) is 2.90.